The number of aliphatic carboxylic acids is 1. The molecule has 1 atom stereocenters. The summed E-state index contributed by atoms with van der Waals surface area (Å²) in [6.07, 6.45) is 2.71. The van der Waals surface area contributed by atoms with Gasteiger partial charge in [-0.05, 0) is 49.1 Å². The van der Waals surface area contributed by atoms with Gasteiger partial charge in [0.1, 0.15) is 17.5 Å². The van der Waals surface area contributed by atoms with Crippen LogP contribution in [0.25, 0.3) is 5.65 Å². The smallest absolute Gasteiger partial charge is 0.326 e. The van der Waals surface area contributed by atoms with E-state index >= 15 is 0 Å². The molecule has 1 unspecified atom stereocenters. The molecule has 0 spiro atoms. The van der Waals surface area contributed by atoms with Crippen molar-refractivity contribution in [1.29, 1.82) is 0 Å². The van der Waals surface area contributed by atoms with Crippen molar-refractivity contribution in [1.82, 2.24) is 14.7 Å². The van der Waals surface area contributed by atoms with Crippen molar-refractivity contribution >= 4 is 29.0 Å². The molecule has 0 radical (unpaired) electrons. The van der Waals surface area contributed by atoms with Crippen molar-refractivity contribution in [3.8, 4) is 0 Å². The predicted molar refractivity (Wildman–Crippen MR) is 133 cm³/mol. The monoisotopic (exact) mass is 456 g/mol. The van der Waals surface area contributed by atoms with Gasteiger partial charge < -0.3 is 15.7 Å². The molecule has 4 aromatic rings. The molecule has 0 aliphatic rings. The molecule has 7 heteroatoms. The molecule has 4 rings (SSSR count). The molecule has 1 amide bonds. The molecule has 2 heterocycles. The summed E-state index contributed by atoms with van der Waals surface area (Å²) in [5, 5.41) is 15.8. The zero-order chi connectivity index (χ0) is 24.2. The molecule has 0 saturated heterocycles. The summed E-state index contributed by atoms with van der Waals surface area (Å²) in [4.78, 5) is 29.4. The minimum Gasteiger partial charge on any atom is -0.480 e. The summed E-state index contributed by atoms with van der Waals surface area (Å²) in [6, 6.07) is 17.7. The number of aromatic nitrogens is 2. The summed E-state index contributed by atoms with van der Waals surface area (Å²) in [5.74, 6) is -0.669. The highest BCUT2D eigenvalue weighted by atomic mass is 16.4. The number of anilines is 2. The lowest BCUT2D eigenvalue weighted by molar-refractivity contribution is -0.139. The number of aryl methyl sites for hydroxylation is 3. The summed E-state index contributed by atoms with van der Waals surface area (Å²) in [5.41, 5.74) is 6.00. The van der Waals surface area contributed by atoms with E-state index in [9.17, 15) is 14.7 Å². The Labute approximate surface area is 198 Å². The van der Waals surface area contributed by atoms with E-state index in [4.69, 9.17) is 4.98 Å². The van der Waals surface area contributed by atoms with E-state index in [1.165, 1.54) is 0 Å². The van der Waals surface area contributed by atoms with Crippen LogP contribution in [0.5, 0.6) is 0 Å². The van der Waals surface area contributed by atoms with Gasteiger partial charge in [-0.1, -0.05) is 55.5 Å². The van der Waals surface area contributed by atoms with Gasteiger partial charge in [-0.2, -0.15) is 0 Å². The Bertz CT molecular complexity index is 1320. The number of hydrogen-bond donors (Lipinski definition) is 3. The maximum absolute atomic E-state index is 12.9. The van der Waals surface area contributed by atoms with Gasteiger partial charge in [0.15, 0.2) is 0 Å². The highest BCUT2D eigenvalue weighted by molar-refractivity contribution is 5.97. The van der Waals surface area contributed by atoms with Crippen molar-refractivity contribution in [2.24, 2.45) is 0 Å². The average Bonchev–Trinajstić information content (AvgIpc) is 3.18. The second kappa shape index (κ2) is 9.79. The van der Waals surface area contributed by atoms with Crippen molar-refractivity contribution in [3.63, 3.8) is 0 Å². The molecular formula is C27H28N4O3. The summed E-state index contributed by atoms with van der Waals surface area (Å²) in [7, 11) is 0. The van der Waals surface area contributed by atoms with E-state index < -0.39 is 17.9 Å². The quantitative estimate of drug-likeness (QED) is 0.358. The number of para-hydroxylation sites is 1. The first-order valence-electron chi connectivity index (χ1n) is 11.3. The number of imidazole rings is 1. The molecule has 34 heavy (non-hydrogen) atoms. The Morgan fingerprint density at radius 3 is 2.38 bits per heavy atom. The van der Waals surface area contributed by atoms with E-state index in [0.29, 0.717) is 17.6 Å². The van der Waals surface area contributed by atoms with Crippen LogP contribution in [-0.4, -0.2) is 32.4 Å². The third-order valence-corrected chi connectivity index (χ3v) is 5.91. The van der Waals surface area contributed by atoms with Crippen LogP contribution in [0.3, 0.4) is 0 Å². The Hall–Kier alpha value is -4.13. The first-order valence-corrected chi connectivity index (χ1v) is 11.3. The number of rotatable bonds is 8. The van der Waals surface area contributed by atoms with Crippen LogP contribution < -0.4 is 10.6 Å². The number of carbonyl (C=O) groups excluding carboxylic acids is 1. The van der Waals surface area contributed by atoms with Crippen LogP contribution in [0.1, 0.15) is 39.7 Å². The van der Waals surface area contributed by atoms with E-state index in [2.05, 4.69) is 36.6 Å². The number of benzene rings is 2. The van der Waals surface area contributed by atoms with Gasteiger partial charge in [-0.25, -0.2) is 9.78 Å². The first-order chi connectivity index (χ1) is 16.4. The number of nitrogens with one attached hydrogen (secondary N) is 2. The van der Waals surface area contributed by atoms with E-state index in [0.717, 1.165) is 33.9 Å². The summed E-state index contributed by atoms with van der Waals surface area (Å²) in [6.45, 7) is 6.15. The highest BCUT2D eigenvalue weighted by Gasteiger charge is 2.22. The second-order valence-electron chi connectivity index (χ2n) is 8.35. The Morgan fingerprint density at radius 1 is 1.03 bits per heavy atom. The Morgan fingerprint density at radius 2 is 1.74 bits per heavy atom. The van der Waals surface area contributed by atoms with Gasteiger partial charge in [-0.15, -0.1) is 0 Å². The number of pyridine rings is 1. The van der Waals surface area contributed by atoms with Crippen LogP contribution in [0.4, 0.5) is 11.5 Å². The van der Waals surface area contributed by atoms with Crippen LogP contribution in [0, 0.1) is 13.8 Å². The number of hydrogen-bond acceptors (Lipinski definition) is 4. The third-order valence-electron chi connectivity index (χ3n) is 5.91. The maximum Gasteiger partial charge on any atom is 0.326 e. The van der Waals surface area contributed by atoms with Crippen molar-refractivity contribution in [2.75, 3.05) is 5.32 Å². The number of nitrogens with zero attached hydrogens (tertiary/aromatic N) is 2. The van der Waals surface area contributed by atoms with Gasteiger partial charge in [0.2, 0.25) is 0 Å². The van der Waals surface area contributed by atoms with Crippen molar-refractivity contribution < 1.29 is 14.7 Å². The van der Waals surface area contributed by atoms with E-state index in [-0.39, 0.29) is 6.42 Å². The molecule has 174 valence electrons. The zero-order valence-corrected chi connectivity index (χ0v) is 19.5. The fraction of sp³-hybridized carbons (Fsp3) is 0.222. The number of carboxylic acid groups (broad SMARTS) is 1. The fourth-order valence-electron chi connectivity index (χ4n) is 4.04. The maximum atomic E-state index is 12.9. The fourth-order valence-corrected chi connectivity index (χ4v) is 4.04. The van der Waals surface area contributed by atoms with Crippen LogP contribution in [-0.2, 0) is 17.6 Å². The lowest BCUT2D eigenvalue weighted by Gasteiger charge is -2.15. The van der Waals surface area contributed by atoms with E-state index in [1.54, 1.807) is 18.3 Å². The molecular weight excluding hydrogens is 428 g/mol. The Balaban J connectivity index is 1.61. The molecule has 7 nitrogen and oxygen atoms in total. The largest absolute Gasteiger partial charge is 0.480 e. The van der Waals surface area contributed by atoms with Gasteiger partial charge in [-0.3, -0.25) is 9.20 Å². The Kier molecular flexibility index (Phi) is 6.63. The summed E-state index contributed by atoms with van der Waals surface area (Å²) >= 11 is 0. The summed E-state index contributed by atoms with van der Waals surface area (Å²) < 4.78 is 1.92. The minimum absolute atomic E-state index is 0.206. The SMILES string of the molecule is CCc1nc2cc(C(=O)NC(Cc3ccccc3)C(=O)O)ccn2c1Nc1c(C)cccc1C. The molecule has 0 saturated carbocycles. The molecule has 2 aromatic heterocycles. The lowest BCUT2D eigenvalue weighted by atomic mass is 10.1. The van der Waals surface area contributed by atoms with E-state index in [1.807, 2.05) is 47.7 Å². The van der Waals surface area contributed by atoms with Crippen molar-refractivity contribution in [3.05, 3.63) is 94.8 Å². The molecule has 3 N–H and O–H groups in total. The third kappa shape index (κ3) is 4.78. The standard InChI is InChI=1S/C27H28N4O3/c1-4-21-25(30-24-17(2)9-8-10-18(24)3)31-14-13-20(16-23(31)28-21)26(32)29-22(27(33)34)15-19-11-6-5-7-12-19/h5-14,16,22,30H,4,15H2,1-3H3,(H,29,32)(H,33,34). The van der Waals surface area contributed by atoms with Crippen LogP contribution in [0.2, 0.25) is 0 Å². The van der Waals surface area contributed by atoms with Crippen LogP contribution >= 0.6 is 0 Å². The van der Waals surface area contributed by atoms with Crippen molar-refractivity contribution in [2.45, 2.75) is 39.7 Å². The van der Waals surface area contributed by atoms with Gasteiger partial charge >= 0.3 is 5.97 Å². The normalized spacial score (nSPS) is 11.9. The second-order valence-corrected chi connectivity index (χ2v) is 8.35. The predicted octanol–water partition coefficient (Wildman–Crippen LogP) is 4.68. The molecule has 0 aliphatic heterocycles. The first kappa shape index (κ1) is 23.0. The van der Waals surface area contributed by atoms with Gasteiger partial charge in [0, 0.05) is 23.9 Å². The lowest BCUT2D eigenvalue weighted by Crippen LogP contribution is -2.42. The number of fused-ring (bicyclic) bond motifs is 1. The number of carbonyl (C=O) groups is 2. The van der Waals surface area contributed by atoms with Gasteiger partial charge in [0.25, 0.3) is 5.91 Å². The zero-order valence-electron chi connectivity index (χ0n) is 19.5. The minimum atomic E-state index is -1.08. The van der Waals surface area contributed by atoms with Gasteiger partial charge in [0.05, 0.1) is 5.69 Å². The average molecular weight is 457 g/mol. The molecule has 2 aromatic carbocycles. The molecule has 0 aliphatic carbocycles. The van der Waals surface area contributed by atoms with Crippen LogP contribution in [0.15, 0.2) is 66.9 Å². The molecule has 0 fully saturated rings. The number of carboxylic acids is 1. The highest BCUT2D eigenvalue weighted by Crippen LogP contribution is 2.28. The molecule has 0 bridgehead atoms. The number of amides is 1. The topological polar surface area (TPSA) is 95.7 Å².